The first-order valence-electron chi connectivity index (χ1n) is 9.30. The lowest BCUT2D eigenvalue weighted by Gasteiger charge is -2.36. The molecule has 0 unspecified atom stereocenters. The summed E-state index contributed by atoms with van der Waals surface area (Å²) in [4.78, 5) is 23.6. The van der Waals surface area contributed by atoms with E-state index in [0.717, 1.165) is 51.3 Å². The van der Waals surface area contributed by atoms with E-state index >= 15 is 0 Å². The van der Waals surface area contributed by atoms with Crippen LogP contribution in [0.1, 0.15) is 24.8 Å². The lowest BCUT2D eigenvalue weighted by atomic mass is 9.81. The maximum Gasteiger partial charge on any atom is 0.226 e. The Kier molecular flexibility index (Phi) is 5.74. The average Bonchev–Trinajstić information content (AvgIpc) is 2.78. The third-order valence-electron chi connectivity index (χ3n) is 5.52. The second kappa shape index (κ2) is 8.00. The first-order valence-corrected chi connectivity index (χ1v) is 9.30. The summed E-state index contributed by atoms with van der Waals surface area (Å²) >= 11 is 0. The number of rotatable bonds is 4. The van der Waals surface area contributed by atoms with Gasteiger partial charge in [-0.15, -0.1) is 0 Å². The van der Waals surface area contributed by atoms with Crippen molar-refractivity contribution in [3.63, 3.8) is 0 Å². The number of likely N-dealkylation sites (tertiary alicyclic amines) is 1. The molecule has 0 spiro atoms. The average molecular weight is 342 g/mol. The quantitative estimate of drug-likeness (QED) is 0.788. The number of piperidine rings is 1. The summed E-state index contributed by atoms with van der Waals surface area (Å²) < 4.78 is 0. The van der Waals surface area contributed by atoms with Gasteiger partial charge in [0, 0.05) is 51.9 Å². The van der Waals surface area contributed by atoms with E-state index in [4.69, 9.17) is 0 Å². The molecule has 3 rings (SSSR count). The summed E-state index contributed by atoms with van der Waals surface area (Å²) in [6.45, 7) is 3.81. The predicted molar refractivity (Wildman–Crippen MR) is 101 cm³/mol. The Bertz CT molecular complexity index is 620. The van der Waals surface area contributed by atoms with E-state index in [2.05, 4.69) is 33.0 Å². The molecule has 5 heteroatoms. The topological polar surface area (TPSA) is 39.7 Å². The predicted octanol–water partition coefficient (Wildman–Crippen LogP) is 2.39. The van der Waals surface area contributed by atoms with Crippen molar-refractivity contribution < 1.29 is 4.79 Å². The van der Waals surface area contributed by atoms with Crippen LogP contribution >= 0.6 is 0 Å². The largest absolute Gasteiger partial charge is 0.362 e. The minimum Gasteiger partial charge on any atom is -0.362 e. The molecular formula is C20H30N4O. The monoisotopic (exact) mass is 342 g/mol. The number of hydrogen-bond acceptors (Lipinski definition) is 4. The molecule has 3 heterocycles. The van der Waals surface area contributed by atoms with Gasteiger partial charge in [-0.1, -0.05) is 18.2 Å². The first kappa shape index (κ1) is 17.9. The lowest BCUT2D eigenvalue weighted by Crippen LogP contribution is -2.41. The van der Waals surface area contributed by atoms with Crippen molar-refractivity contribution in [3.8, 4) is 0 Å². The van der Waals surface area contributed by atoms with Crippen LogP contribution in [0.2, 0.25) is 0 Å². The van der Waals surface area contributed by atoms with Gasteiger partial charge in [-0.25, -0.2) is 4.98 Å². The molecule has 25 heavy (non-hydrogen) atoms. The molecule has 1 aromatic heterocycles. The number of anilines is 1. The molecule has 1 amide bonds. The normalized spacial score (nSPS) is 22.9. The number of carbonyl (C=O) groups is 1. The maximum absolute atomic E-state index is 12.6. The number of nitrogens with zero attached hydrogens (tertiary/aromatic N) is 4. The Hall–Kier alpha value is -1.88. The van der Waals surface area contributed by atoms with E-state index in [1.807, 2.05) is 38.3 Å². The molecular weight excluding hydrogens is 312 g/mol. The summed E-state index contributed by atoms with van der Waals surface area (Å²) in [6, 6.07) is 4.18. The van der Waals surface area contributed by atoms with Crippen LogP contribution in [0.4, 0.5) is 5.82 Å². The Labute approximate surface area is 151 Å². The van der Waals surface area contributed by atoms with E-state index in [1.165, 1.54) is 5.56 Å². The van der Waals surface area contributed by atoms with Crippen LogP contribution < -0.4 is 4.90 Å². The summed E-state index contributed by atoms with van der Waals surface area (Å²) in [6.07, 6.45) is 9.29. The summed E-state index contributed by atoms with van der Waals surface area (Å²) in [5.74, 6) is 2.05. The van der Waals surface area contributed by atoms with Gasteiger partial charge in [0.25, 0.3) is 0 Å². The summed E-state index contributed by atoms with van der Waals surface area (Å²) in [5, 5.41) is 0. The summed E-state index contributed by atoms with van der Waals surface area (Å²) in [5.41, 5.74) is 1.28. The molecule has 0 N–H and O–H groups in total. The standard InChI is InChI=1S/C20H30N4O/c1-22(2)19-17(7-6-11-21-19)15-24-13-9-16(10-14-24)18-8-4-5-12-23(3)20(18)25/h4-7,11,16,18H,8-10,12-15H2,1-3H3/t18-/m0/s1. The number of pyridine rings is 1. The fourth-order valence-electron chi connectivity index (χ4n) is 4.05. The molecule has 1 atom stereocenters. The van der Waals surface area contributed by atoms with Crippen molar-refractivity contribution in [2.24, 2.45) is 11.8 Å². The van der Waals surface area contributed by atoms with Crippen molar-refractivity contribution in [1.82, 2.24) is 14.8 Å². The number of likely N-dealkylation sites (N-methyl/N-ethyl adjacent to an activating group) is 1. The molecule has 5 nitrogen and oxygen atoms in total. The molecule has 0 saturated carbocycles. The zero-order valence-electron chi connectivity index (χ0n) is 15.7. The van der Waals surface area contributed by atoms with E-state index in [9.17, 15) is 4.79 Å². The van der Waals surface area contributed by atoms with Gasteiger partial charge < -0.3 is 9.80 Å². The minimum atomic E-state index is 0.168. The van der Waals surface area contributed by atoms with Gasteiger partial charge in [0.2, 0.25) is 5.91 Å². The van der Waals surface area contributed by atoms with Gasteiger partial charge in [-0.2, -0.15) is 0 Å². The molecule has 2 aliphatic rings. The molecule has 1 fully saturated rings. The fourth-order valence-corrected chi connectivity index (χ4v) is 4.05. The van der Waals surface area contributed by atoms with Crippen LogP contribution in [0.3, 0.4) is 0 Å². The van der Waals surface area contributed by atoms with Crippen LogP contribution in [0, 0.1) is 11.8 Å². The van der Waals surface area contributed by atoms with Crippen LogP contribution in [0.5, 0.6) is 0 Å². The number of allylic oxidation sites excluding steroid dienone is 1. The van der Waals surface area contributed by atoms with Gasteiger partial charge in [0.15, 0.2) is 0 Å². The third-order valence-corrected chi connectivity index (χ3v) is 5.52. The Morgan fingerprint density at radius 2 is 2.00 bits per heavy atom. The van der Waals surface area contributed by atoms with E-state index in [1.54, 1.807) is 0 Å². The van der Waals surface area contributed by atoms with Crippen LogP contribution in [-0.4, -0.2) is 61.5 Å². The van der Waals surface area contributed by atoms with Gasteiger partial charge in [-0.05, 0) is 44.3 Å². The highest BCUT2D eigenvalue weighted by atomic mass is 16.2. The minimum absolute atomic E-state index is 0.168. The summed E-state index contributed by atoms with van der Waals surface area (Å²) in [7, 11) is 6.00. The Balaban J connectivity index is 1.59. The number of amides is 1. The zero-order chi connectivity index (χ0) is 17.8. The van der Waals surface area contributed by atoms with Crippen molar-refractivity contribution in [1.29, 1.82) is 0 Å². The van der Waals surface area contributed by atoms with Crippen molar-refractivity contribution in [2.45, 2.75) is 25.8 Å². The van der Waals surface area contributed by atoms with Crippen molar-refractivity contribution in [2.75, 3.05) is 45.7 Å². The highest BCUT2D eigenvalue weighted by molar-refractivity contribution is 5.79. The van der Waals surface area contributed by atoms with Crippen LogP contribution in [0.15, 0.2) is 30.5 Å². The molecule has 0 bridgehead atoms. The second-order valence-corrected chi connectivity index (χ2v) is 7.53. The van der Waals surface area contributed by atoms with Crippen LogP contribution in [-0.2, 0) is 11.3 Å². The van der Waals surface area contributed by atoms with E-state index < -0.39 is 0 Å². The molecule has 136 valence electrons. The number of carbonyl (C=O) groups excluding carboxylic acids is 1. The van der Waals surface area contributed by atoms with Gasteiger partial charge in [-0.3, -0.25) is 9.69 Å². The number of hydrogen-bond donors (Lipinski definition) is 0. The fraction of sp³-hybridized carbons (Fsp3) is 0.600. The molecule has 2 aliphatic heterocycles. The second-order valence-electron chi connectivity index (χ2n) is 7.53. The maximum atomic E-state index is 12.6. The van der Waals surface area contributed by atoms with E-state index in [-0.39, 0.29) is 5.92 Å². The molecule has 0 aromatic carbocycles. The Morgan fingerprint density at radius 1 is 1.24 bits per heavy atom. The van der Waals surface area contributed by atoms with Crippen molar-refractivity contribution in [3.05, 3.63) is 36.0 Å². The molecule has 1 saturated heterocycles. The first-order chi connectivity index (χ1) is 12.1. The highest BCUT2D eigenvalue weighted by Gasteiger charge is 2.33. The number of aromatic nitrogens is 1. The van der Waals surface area contributed by atoms with E-state index in [0.29, 0.717) is 11.8 Å². The molecule has 0 aliphatic carbocycles. The Morgan fingerprint density at radius 3 is 2.72 bits per heavy atom. The third kappa shape index (κ3) is 4.21. The highest BCUT2D eigenvalue weighted by Crippen LogP contribution is 2.31. The van der Waals surface area contributed by atoms with Crippen molar-refractivity contribution >= 4 is 11.7 Å². The smallest absolute Gasteiger partial charge is 0.226 e. The zero-order valence-corrected chi connectivity index (χ0v) is 15.7. The lowest BCUT2D eigenvalue weighted by molar-refractivity contribution is -0.135. The van der Waals surface area contributed by atoms with Gasteiger partial charge in [0.1, 0.15) is 5.82 Å². The molecule has 1 aromatic rings. The van der Waals surface area contributed by atoms with Gasteiger partial charge in [0.05, 0.1) is 0 Å². The SMILES string of the molecule is CN1CC=CC[C@@H](C2CCN(Cc3cccnc3N(C)C)CC2)C1=O. The van der Waals surface area contributed by atoms with Crippen LogP contribution in [0.25, 0.3) is 0 Å². The molecule has 0 radical (unpaired) electrons. The van der Waals surface area contributed by atoms with Gasteiger partial charge >= 0.3 is 0 Å².